The number of carbonyl (C=O) groups is 6. The number of carbonyl (C=O) groups excluding carboxylic acids is 6. The Hall–Kier alpha value is -3.80. The molecule has 0 aromatic rings. The maximum atomic E-state index is 13.0. The molecule has 0 aromatic heterocycles. The Morgan fingerprint density at radius 3 is 1.95 bits per heavy atom. The van der Waals surface area contributed by atoms with Crippen LogP contribution in [0.2, 0.25) is 0 Å². The highest BCUT2D eigenvalue weighted by Crippen LogP contribution is 2.31. The van der Waals surface area contributed by atoms with Crippen molar-refractivity contribution < 1.29 is 76.1 Å². The van der Waals surface area contributed by atoms with E-state index in [9.17, 15) is 28.8 Å². The van der Waals surface area contributed by atoms with Crippen molar-refractivity contribution in [3.63, 3.8) is 0 Å². The second-order valence-electron chi connectivity index (χ2n) is 9.19. The fourth-order valence-electron chi connectivity index (χ4n) is 3.79. The maximum Gasteiger partial charge on any atom is 0.408 e. The summed E-state index contributed by atoms with van der Waals surface area (Å²) in [6.07, 6.45) is -8.39. The van der Waals surface area contributed by atoms with Gasteiger partial charge in [-0.15, -0.1) is 0 Å². The maximum absolute atomic E-state index is 13.0. The van der Waals surface area contributed by atoms with E-state index in [-0.39, 0.29) is 26.4 Å². The lowest BCUT2D eigenvalue weighted by Gasteiger charge is -2.45. The molecule has 44 heavy (non-hydrogen) atoms. The third kappa shape index (κ3) is 14.1. The molecule has 0 aromatic carbocycles. The van der Waals surface area contributed by atoms with E-state index in [0.717, 1.165) is 27.7 Å². The molecule has 17 heteroatoms. The predicted molar refractivity (Wildman–Crippen MR) is 145 cm³/mol. The van der Waals surface area contributed by atoms with Gasteiger partial charge in [-0.05, 0) is 6.92 Å². The van der Waals surface area contributed by atoms with Crippen LogP contribution in [0.15, 0.2) is 12.7 Å². The number of methoxy groups -OCH3 is 1. The lowest BCUT2D eigenvalue weighted by Crippen LogP contribution is -2.64. The van der Waals surface area contributed by atoms with E-state index < -0.39 is 85.4 Å². The van der Waals surface area contributed by atoms with Gasteiger partial charge in [0.2, 0.25) is 0 Å². The van der Waals surface area contributed by atoms with Crippen molar-refractivity contribution in [3.05, 3.63) is 12.7 Å². The summed E-state index contributed by atoms with van der Waals surface area (Å²) in [7, 11) is 1.50. The van der Waals surface area contributed by atoms with Crippen molar-refractivity contribution >= 4 is 35.9 Å². The number of esters is 5. The molecule has 1 aliphatic heterocycles. The summed E-state index contributed by atoms with van der Waals surface area (Å²) in [6.45, 7) is 8.90. The standard InChI is InChI=1S/C27H41NO16/c1-8-9-38-27(34)28-21(25(33)37-13-12-36-11-10-35-7)15(2)40-26-24(43-19(6)32)23(42-18(5)31)22(41-17(4)30)20(44-26)14-39-16(3)29/h8,15,20-24,26H,1,9-14H2,2-7H3,(H,28,34)/t15-,20+,21-,22-,23-,24+,26+/m0/s1. The van der Waals surface area contributed by atoms with Crippen LogP contribution in [0.25, 0.3) is 0 Å². The zero-order chi connectivity index (χ0) is 33.2. The van der Waals surface area contributed by atoms with Crippen LogP contribution < -0.4 is 5.32 Å². The molecule has 0 aliphatic carbocycles. The predicted octanol–water partition coefficient (Wildman–Crippen LogP) is -0.0384. The number of rotatable bonds is 18. The highest BCUT2D eigenvalue weighted by molar-refractivity contribution is 5.82. The highest BCUT2D eigenvalue weighted by atomic mass is 16.7. The molecule has 17 nitrogen and oxygen atoms in total. The van der Waals surface area contributed by atoms with Gasteiger partial charge in [0.1, 0.15) is 25.9 Å². The van der Waals surface area contributed by atoms with Crippen LogP contribution in [-0.4, -0.2) is 126 Å². The third-order valence-corrected chi connectivity index (χ3v) is 5.53. The van der Waals surface area contributed by atoms with Gasteiger partial charge < -0.3 is 52.7 Å². The second-order valence-corrected chi connectivity index (χ2v) is 9.19. The number of ether oxygens (including phenoxy) is 10. The Morgan fingerprint density at radius 2 is 1.39 bits per heavy atom. The summed E-state index contributed by atoms with van der Waals surface area (Å²) >= 11 is 0. The molecule has 1 heterocycles. The molecule has 7 atom stereocenters. The molecule has 1 N–H and O–H groups in total. The van der Waals surface area contributed by atoms with Crippen molar-refractivity contribution in [2.75, 3.05) is 46.8 Å². The first-order chi connectivity index (χ1) is 20.8. The molecule has 0 unspecified atom stereocenters. The van der Waals surface area contributed by atoms with Gasteiger partial charge in [0, 0.05) is 34.8 Å². The lowest BCUT2D eigenvalue weighted by molar-refractivity contribution is -0.317. The minimum atomic E-state index is -1.62. The molecule has 1 rings (SSSR count). The largest absolute Gasteiger partial charge is 0.463 e. The first-order valence-corrected chi connectivity index (χ1v) is 13.5. The van der Waals surface area contributed by atoms with E-state index in [1.54, 1.807) is 0 Å². The van der Waals surface area contributed by atoms with Crippen molar-refractivity contribution in [1.29, 1.82) is 0 Å². The molecular weight excluding hydrogens is 594 g/mol. The fraction of sp³-hybridized carbons (Fsp3) is 0.704. The van der Waals surface area contributed by atoms with Crippen LogP contribution in [0.4, 0.5) is 4.79 Å². The van der Waals surface area contributed by atoms with Gasteiger partial charge in [-0.2, -0.15) is 0 Å². The Morgan fingerprint density at radius 1 is 0.795 bits per heavy atom. The van der Waals surface area contributed by atoms with E-state index in [1.165, 1.54) is 20.1 Å². The Bertz CT molecular complexity index is 987. The quantitative estimate of drug-likeness (QED) is 0.0907. The van der Waals surface area contributed by atoms with Gasteiger partial charge in [-0.25, -0.2) is 9.59 Å². The number of hydrogen-bond donors (Lipinski definition) is 1. The van der Waals surface area contributed by atoms with Crippen molar-refractivity contribution in [2.45, 2.75) is 77.5 Å². The van der Waals surface area contributed by atoms with Crippen LogP contribution in [0, 0.1) is 0 Å². The van der Waals surface area contributed by atoms with E-state index in [2.05, 4.69) is 11.9 Å². The summed E-state index contributed by atoms with van der Waals surface area (Å²) < 4.78 is 53.2. The molecular formula is C27H41NO16. The summed E-state index contributed by atoms with van der Waals surface area (Å²) in [5.74, 6) is -4.16. The minimum absolute atomic E-state index is 0.0255. The zero-order valence-electron chi connectivity index (χ0n) is 25.6. The summed E-state index contributed by atoms with van der Waals surface area (Å²) in [4.78, 5) is 73.0. The minimum Gasteiger partial charge on any atom is -0.463 e. The number of nitrogens with one attached hydrogen (secondary N) is 1. The molecule has 1 amide bonds. The lowest BCUT2D eigenvalue weighted by atomic mass is 9.98. The van der Waals surface area contributed by atoms with Gasteiger partial charge in [0.05, 0.1) is 25.9 Å². The number of alkyl carbamates (subject to hydrolysis) is 1. The highest BCUT2D eigenvalue weighted by Gasteiger charge is 2.53. The fourth-order valence-corrected chi connectivity index (χ4v) is 3.79. The van der Waals surface area contributed by atoms with Gasteiger partial charge in [-0.3, -0.25) is 19.2 Å². The topological polar surface area (TPSA) is 207 Å². The van der Waals surface area contributed by atoms with E-state index in [1.807, 2.05) is 0 Å². The summed E-state index contributed by atoms with van der Waals surface area (Å²) in [5.41, 5.74) is 0. The normalized spacial score (nSPS) is 22.4. The monoisotopic (exact) mass is 635 g/mol. The van der Waals surface area contributed by atoms with Crippen molar-refractivity contribution in [3.8, 4) is 0 Å². The zero-order valence-corrected chi connectivity index (χ0v) is 25.6. The Balaban J connectivity index is 3.35. The van der Waals surface area contributed by atoms with E-state index >= 15 is 0 Å². The average Bonchev–Trinajstić information content (AvgIpc) is 2.93. The summed E-state index contributed by atoms with van der Waals surface area (Å²) in [5, 5.41) is 2.33. The third-order valence-electron chi connectivity index (χ3n) is 5.53. The number of hydrogen-bond acceptors (Lipinski definition) is 16. The molecule has 0 spiro atoms. The van der Waals surface area contributed by atoms with Crippen LogP contribution >= 0.6 is 0 Å². The molecule has 0 saturated carbocycles. The average molecular weight is 636 g/mol. The molecule has 1 aliphatic rings. The van der Waals surface area contributed by atoms with Crippen molar-refractivity contribution in [1.82, 2.24) is 5.32 Å². The van der Waals surface area contributed by atoms with Crippen LogP contribution in [0.1, 0.15) is 34.6 Å². The van der Waals surface area contributed by atoms with Crippen molar-refractivity contribution in [2.24, 2.45) is 0 Å². The van der Waals surface area contributed by atoms with E-state index in [0.29, 0.717) is 6.61 Å². The number of amides is 1. The van der Waals surface area contributed by atoms with Crippen LogP contribution in [-0.2, 0) is 71.3 Å². The van der Waals surface area contributed by atoms with Crippen LogP contribution in [0.5, 0.6) is 0 Å². The van der Waals surface area contributed by atoms with Gasteiger partial charge in [0.15, 0.2) is 30.6 Å². The summed E-state index contributed by atoms with van der Waals surface area (Å²) in [6, 6.07) is -1.52. The SMILES string of the molecule is C=CCOC(=O)N[C@H](C(=O)OCCOCCOC)[C@H](C)O[C@@H]1O[C@H](COC(C)=O)[C@H](OC(C)=O)[C@H](OC(C)=O)[C@H]1OC(C)=O. The molecule has 0 bridgehead atoms. The van der Waals surface area contributed by atoms with Gasteiger partial charge >= 0.3 is 35.9 Å². The molecule has 0 radical (unpaired) electrons. The molecule has 1 fully saturated rings. The smallest absolute Gasteiger partial charge is 0.408 e. The molecule has 1 saturated heterocycles. The van der Waals surface area contributed by atoms with Gasteiger partial charge in [0.25, 0.3) is 0 Å². The Kier molecular flexibility index (Phi) is 17.6. The van der Waals surface area contributed by atoms with Crippen LogP contribution in [0.3, 0.4) is 0 Å². The molecule has 250 valence electrons. The van der Waals surface area contributed by atoms with Gasteiger partial charge in [-0.1, -0.05) is 12.7 Å². The second kappa shape index (κ2) is 20.2. The van der Waals surface area contributed by atoms with E-state index in [4.69, 9.17) is 47.4 Å². The first kappa shape index (κ1) is 38.2. The Labute approximate surface area is 254 Å². The first-order valence-electron chi connectivity index (χ1n) is 13.5.